The number of hydrogen-bond donors (Lipinski definition) is 1. The number of likely N-dealkylation sites (tertiary alicyclic amines) is 1. The van der Waals surface area contributed by atoms with E-state index in [4.69, 9.17) is 0 Å². The lowest BCUT2D eigenvalue weighted by atomic mass is 9.97. The van der Waals surface area contributed by atoms with Crippen LogP contribution in [0.3, 0.4) is 0 Å². The van der Waals surface area contributed by atoms with Crippen molar-refractivity contribution in [2.24, 2.45) is 0 Å². The highest BCUT2D eigenvalue weighted by Gasteiger charge is 2.26. The molecule has 1 atom stereocenters. The van der Waals surface area contributed by atoms with Crippen LogP contribution >= 0.6 is 0 Å². The summed E-state index contributed by atoms with van der Waals surface area (Å²) in [5.41, 5.74) is 2.20. The number of aliphatic hydroxyl groups is 1. The van der Waals surface area contributed by atoms with E-state index in [0.29, 0.717) is 13.1 Å². The molecule has 4 nitrogen and oxygen atoms in total. The zero-order chi connectivity index (χ0) is 17.6. The molecule has 1 amide bonds. The van der Waals surface area contributed by atoms with Crippen LogP contribution in [0.1, 0.15) is 30.0 Å². The summed E-state index contributed by atoms with van der Waals surface area (Å²) >= 11 is 0. The first-order chi connectivity index (χ1) is 12.1. The van der Waals surface area contributed by atoms with Crippen LogP contribution in [0.4, 0.5) is 0 Å². The molecule has 0 radical (unpaired) electrons. The van der Waals surface area contributed by atoms with Gasteiger partial charge in [-0.2, -0.15) is 0 Å². The number of hydrogen-bond acceptors (Lipinski definition) is 3. The third-order valence-corrected chi connectivity index (χ3v) is 4.85. The molecule has 25 heavy (non-hydrogen) atoms. The molecule has 1 aliphatic heterocycles. The van der Waals surface area contributed by atoms with Crippen LogP contribution in [-0.2, 0) is 4.79 Å². The van der Waals surface area contributed by atoms with Crippen LogP contribution < -0.4 is 0 Å². The highest BCUT2D eigenvalue weighted by molar-refractivity contribution is 5.79. The van der Waals surface area contributed by atoms with Crippen LogP contribution in [0.15, 0.2) is 60.7 Å². The maximum absolute atomic E-state index is 12.9. The second-order valence-corrected chi connectivity index (χ2v) is 6.76. The van der Waals surface area contributed by atoms with Crippen LogP contribution in [0.25, 0.3) is 0 Å². The SMILES string of the molecule is CN(C(=O)CN1CCCC(O)C1)C(c1ccccc1)c1ccccc1. The van der Waals surface area contributed by atoms with E-state index in [1.807, 2.05) is 48.3 Å². The zero-order valence-corrected chi connectivity index (χ0v) is 14.7. The summed E-state index contributed by atoms with van der Waals surface area (Å²) in [5, 5.41) is 9.83. The van der Waals surface area contributed by atoms with E-state index in [-0.39, 0.29) is 18.1 Å². The van der Waals surface area contributed by atoms with Crippen molar-refractivity contribution in [2.45, 2.75) is 25.0 Å². The Morgan fingerprint density at radius 2 is 1.68 bits per heavy atom. The number of rotatable bonds is 5. The lowest BCUT2D eigenvalue weighted by molar-refractivity contribution is -0.133. The van der Waals surface area contributed by atoms with Gasteiger partial charge in [0.15, 0.2) is 0 Å². The van der Waals surface area contributed by atoms with Crippen LogP contribution in [0, 0.1) is 0 Å². The second kappa shape index (κ2) is 8.28. The smallest absolute Gasteiger partial charge is 0.237 e. The Labute approximate surface area is 149 Å². The van der Waals surface area contributed by atoms with Crippen LogP contribution in [0.5, 0.6) is 0 Å². The number of aliphatic hydroxyl groups excluding tert-OH is 1. The Morgan fingerprint density at radius 1 is 1.12 bits per heavy atom. The zero-order valence-electron chi connectivity index (χ0n) is 14.7. The Bertz CT molecular complexity index is 635. The number of amides is 1. The maximum atomic E-state index is 12.9. The number of carbonyl (C=O) groups is 1. The highest BCUT2D eigenvalue weighted by atomic mass is 16.3. The predicted octanol–water partition coefficient (Wildman–Crippen LogP) is 2.69. The molecule has 1 unspecified atom stereocenters. The van der Waals surface area contributed by atoms with Gasteiger partial charge in [-0.1, -0.05) is 60.7 Å². The molecule has 0 bridgehead atoms. The number of piperidine rings is 1. The van der Waals surface area contributed by atoms with E-state index in [2.05, 4.69) is 29.2 Å². The topological polar surface area (TPSA) is 43.8 Å². The van der Waals surface area contributed by atoms with Gasteiger partial charge in [0, 0.05) is 13.6 Å². The lowest BCUT2D eigenvalue weighted by Gasteiger charge is -2.34. The molecule has 1 heterocycles. The van der Waals surface area contributed by atoms with Gasteiger partial charge in [0.1, 0.15) is 0 Å². The standard InChI is InChI=1S/C21H26N2O2/c1-22(20(25)16-23-14-8-13-19(24)15-23)21(17-9-4-2-5-10-17)18-11-6-3-7-12-18/h2-7,9-12,19,21,24H,8,13-16H2,1H3. The molecule has 1 N–H and O–H groups in total. The summed E-state index contributed by atoms with van der Waals surface area (Å²) in [6, 6.07) is 20.1. The molecule has 2 aromatic carbocycles. The van der Waals surface area contributed by atoms with E-state index in [1.165, 1.54) is 0 Å². The lowest BCUT2D eigenvalue weighted by Crippen LogP contribution is -2.45. The normalized spacial score (nSPS) is 18.3. The first-order valence-corrected chi connectivity index (χ1v) is 8.91. The van der Waals surface area contributed by atoms with Gasteiger partial charge in [0.05, 0.1) is 18.7 Å². The molecule has 3 rings (SSSR count). The van der Waals surface area contributed by atoms with E-state index < -0.39 is 0 Å². The molecule has 4 heteroatoms. The van der Waals surface area contributed by atoms with Gasteiger partial charge >= 0.3 is 0 Å². The van der Waals surface area contributed by atoms with Crippen molar-refractivity contribution in [3.05, 3.63) is 71.8 Å². The predicted molar refractivity (Wildman–Crippen MR) is 99.2 cm³/mol. The van der Waals surface area contributed by atoms with Crippen molar-refractivity contribution in [3.63, 3.8) is 0 Å². The van der Waals surface area contributed by atoms with Crippen molar-refractivity contribution in [3.8, 4) is 0 Å². The van der Waals surface area contributed by atoms with Gasteiger partial charge < -0.3 is 10.0 Å². The third kappa shape index (κ3) is 4.47. The van der Waals surface area contributed by atoms with Crippen molar-refractivity contribution in [2.75, 3.05) is 26.7 Å². The molecule has 1 aliphatic rings. The van der Waals surface area contributed by atoms with E-state index in [0.717, 1.165) is 30.5 Å². The molecule has 0 aliphatic carbocycles. The molecule has 2 aromatic rings. The van der Waals surface area contributed by atoms with Crippen molar-refractivity contribution in [1.82, 2.24) is 9.80 Å². The average Bonchev–Trinajstić information content (AvgIpc) is 2.63. The summed E-state index contributed by atoms with van der Waals surface area (Å²) < 4.78 is 0. The summed E-state index contributed by atoms with van der Waals surface area (Å²) in [5.74, 6) is 0.0757. The summed E-state index contributed by atoms with van der Waals surface area (Å²) in [6.45, 7) is 1.81. The van der Waals surface area contributed by atoms with Crippen molar-refractivity contribution < 1.29 is 9.90 Å². The minimum absolute atomic E-state index is 0.0757. The fourth-order valence-electron chi connectivity index (χ4n) is 3.53. The number of likely N-dealkylation sites (N-methyl/N-ethyl adjacent to an activating group) is 1. The van der Waals surface area contributed by atoms with Gasteiger partial charge in [-0.25, -0.2) is 0 Å². The fourth-order valence-corrected chi connectivity index (χ4v) is 3.53. The quantitative estimate of drug-likeness (QED) is 0.912. The summed E-state index contributed by atoms with van der Waals surface area (Å²) in [4.78, 5) is 16.8. The summed E-state index contributed by atoms with van der Waals surface area (Å²) in [7, 11) is 1.87. The maximum Gasteiger partial charge on any atom is 0.237 e. The molecule has 0 saturated carbocycles. The van der Waals surface area contributed by atoms with E-state index in [1.54, 1.807) is 0 Å². The third-order valence-electron chi connectivity index (χ3n) is 4.85. The Kier molecular flexibility index (Phi) is 5.84. The molecule has 1 fully saturated rings. The average molecular weight is 338 g/mol. The fraction of sp³-hybridized carbons (Fsp3) is 0.381. The highest BCUT2D eigenvalue weighted by Crippen LogP contribution is 2.27. The van der Waals surface area contributed by atoms with Crippen LogP contribution in [-0.4, -0.2) is 53.6 Å². The minimum atomic E-state index is -0.314. The largest absolute Gasteiger partial charge is 0.392 e. The van der Waals surface area contributed by atoms with Crippen LogP contribution in [0.2, 0.25) is 0 Å². The Balaban J connectivity index is 1.79. The Hall–Kier alpha value is -2.17. The molecular weight excluding hydrogens is 312 g/mol. The number of benzene rings is 2. The first kappa shape index (κ1) is 17.6. The number of nitrogens with zero attached hydrogens (tertiary/aromatic N) is 2. The number of carbonyl (C=O) groups excluding carboxylic acids is 1. The van der Waals surface area contributed by atoms with E-state index >= 15 is 0 Å². The first-order valence-electron chi connectivity index (χ1n) is 8.91. The van der Waals surface area contributed by atoms with Gasteiger partial charge in [-0.3, -0.25) is 9.69 Å². The van der Waals surface area contributed by atoms with Gasteiger partial charge in [0.25, 0.3) is 0 Å². The summed E-state index contributed by atoms with van der Waals surface area (Å²) in [6.07, 6.45) is 1.46. The van der Waals surface area contributed by atoms with Crippen molar-refractivity contribution in [1.29, 1.82) is 0 Å². The monoisotopic (exact) mass is 338 g/mol. The van der Waals surface area contributed by atoms with E-state index in [9.17, 15) is 9.90 Å². The molecular formula is C21H26N2O2. The molecule has 0 aromatic heterocycles. The second-order valence-electron chi connectivity index (χ2n) is 6.76. The Morgan fingerprint density at radius 3 is 2.20 bits per heavy atom. The number of β-amino-alcohol motifs (C(OH)–C–C–N with tert-alkyl or cyclic N) is 1. The molecule has 0 spiro atoms. The molecule has 1 saturated heterocycles. The van der Waals surface area contributed by atoms with Gasteiger partial charge in [-0.15, -0.1) is 0 Å². The van der Waals surface area contributed by atoms with Crippen molar-refractivity contribution >= 4 is 5.91 Å². The minimum Gasteiger partial charge on any atom is -0.392 e. The van der Waals surface area contributed by atoms with Gasteiger partial charge in [-0.05, 0) is 30.5 Å². The van der Waals surface area contributed by atoms with Gasteiger partial charge in [0.2, 0.25) is 5.91 Å². The molecule has 132 valence electrons.